The van der Waals surface area contributed by atoms with Gasteiger partial charge in [-0.1, -0.05) is 18.2 Å². The molecule has 5 nitrogen and oxygen atoms in total. The Morgan fingerprint density at radius 1 is 0.935 bits per heavy atom. The summed E-state index contributed by atoms with van der Waals surface area (Å²) in [5, 5.41) is 2.29. The zero-order valence-corrected chi connectivity index (χ0v) is 16.4. The molecule has 0 aromatic heterocycles. The number of imide groups is 1. The number of rotatable bonds is 3. The number of benzene rings is 2. The van der Waals surface area contributed by atoms with Crippen LogP contribution in [0.2, 0.25) is 0 Å². The standard InChI is InChI=1S/C23H19F3N2O3/c24-23(25,26)16-6-1-2-7-17(16)27-20(29)14-4-3-5-15(11-14)28-21(30)18-12-8-9-13(10-12)19(18)22(28)31/h1-7,11-13,18-19H,8-10H2,(H,27,29)/t12-,13-,18-,19-/m0/s1. The molecule has 3 aliphatic rings. The Labute approximate surface area is 176 Å². The number of anilines is 2. The summed E-state index contributed by atoms with van der Waals surface area (Å²) in [5.41, 5.74) is -0.965. The van der Waals surface area contributed by atoms with Crippen LogP contribution in [0.5, 0.6) is 0 Å². The second-order valence-electron chi connectivity index (χ2n) is 8.44. The number of alkyl halides is 3. The molecule has 0 spiro atoms. The van der Waals surface area contributed by atoms with E-state index in [2.05, 4.69) is 5.32 Å². The van der Waals surface area contributed by atoms with Gasteiger partial charge < -0.3 is 5.32 Å². The largest absolute Gasteiger partial charge is 0.418 e. The molecule has 2 aliphatic carbocycles. The minimum absolute atomic E-state index is 0.0649. The van der Waals surface area contributed by atoms with E-state index in [0.29, 0.717) is 0 Å². The van der Waals surface area contributed by atoms with Crippen molar-refractivity contribution >= 4 is 29.1 Å². The summed E-state index contributed by atoms with van der Waals surface area (Å²) in [6.45, 7) is 0. The van der Waals surface area contributed by atoms with Gasteiger partial charge in [0, 0.05) is 5.56 Å². The van der Waals surface area contributed by atoms with Crippen molar-refractivity contribution in [3.8, 4) is 0 Å². The molecule has 0 unspecified atom stereocenters. The molecule has 4 atom stereocenters. The van der Waals surface area contributed by atoms with Crippen molar-refractivity contribution < 1.29 is 27.6 Å². The Hall–Kier alpha value is -3.16. The van der Waals surface area contributed by atoms with E-state index in [1.54, 1.807) is 6.07 Å². The smallest absolute Gasteiger partial charge is 0.321 e. The number of para-hydroxylation sites is 1. The number of nitrogens with one attached hydrogen (secondary N) is 1. The minimum atomic E-state index is -4.61. The summed E-state index contributed by atoms with van der Waals surface area (Å²) in [6, 6.07) is 10.6. The van der Waals surface area contributed by atoms with E-state index in [9.17, 15) is 27.6 Å². The molecule has 3 fully saturated rings. The van der Waals surface area contributed by atoms with Crippen LogP contribution in [0.4, 0.5) is 24.5 Å². The van der Waals surface area contributed by atoms with Gasteiger partial charge in [0.2, 0.25) is 11.8 Å². The third-order valence-electron chi connectivity index (χ3n) is 6.77. The van der Waals surface area contributed by atoms with Crippen LogP contribution in [-0.2, 0) is 15.8 Å². The molecule has 160 valence electrons. The van der Waals surface area contributed by atoms with Crippen molar-refractivity contribution in [1.82, 2.24) is 0 Å². The lowest BCUT2D eigenvalue weighted by atomic mass is 9.81. The minimum Gasteiger partial charge on any atom is -0.321 e. The molecule has 1 saturated heterocycles. The molecule has 1 aliphatic heterocycles. The molecular weight excluding hydrogens is 409 g/mol. The number of carbonyl (C=O) groups excluding carboxylic acids is 3. The van der Waals surface area contributed by atoms with Gasteiger partial charge in [-0.3, -0.25) is 19.3 Å². The fraction of sp³-hybridized carbons (Fsp3) is 0.348. The third-order valence-corrected chi connectivity index (χ3v) is 6.77. The average Bonchev–Trinajstić information content (AvgIpc) is 3.41. The van der Waals surface area contributed by atoms with Crippen molar-refractivity contribution in [2.45, 2.75) is 25.4 Å². The third kappa shape index (κ3) is 3.12. The average molecular weight is 428 g/mol. The number of hydrogen-bond donors (Lipinski definition) is 1. The fourth-order valence-electron chi connectivity index (χ4n) is 5.48. The maximum Gasteiger partial charge on any atom is 0.418 e. The Balaban J connectivity index is 1.41. The van der Waals surface area contributed by atoms with Crippen LogP contribution < -0.4 is 10.2 Å². The first kappa shape index (κ1) is 19.8. The molecule has 1 N–H and O–H groups in total. The Morgan fingerprint density at radius 3 is 2.23 bits per heavy atom. The van der Waals surface area contributed by atoms with Crippen molar-refractivity contribution in [2.24, 2.45) is 23.7 Å². The fourth-order valence-corrected chi connectivity index (χ4v) is 5.48. The van der Waals surface area contributed by atoms with Gasteiger partial charge in [-0.2, -0.15) is 13.2 Å². The lowest BCUT2D eigenvalue weighted by Crippen LogP contribution is -2.33. The van der Waals surface area contributed by atoms with Crippen molar-refractivity contribution in [1.29, 1.82) is 0 Å². The number of halogens is 3. The van der Waals surface area contributed by atoms with Gasteiger partial charge in [0.1, 0.15) is 0 Å². The summed E-state index contributed by atoms with van der Waals surface area (Å²) in [7, 11) is 0. The van der Waals surface area contributed by atoms with Gasteiger partial charge in [0.15, 0.2) is 0 Å². The number of fused-ring (bicyclic) bond motifs is 5. The van der Waals surface area contributed by atoms with Gasteiger partial charge in [0.25, 0.3) is 5.91 Å². The summed E-state index contributed by atoms with van der Waals surface area (Å²) in [4.78, 5) is 39.8. The lowest BCUT2D eigenvalue weighted by Gasteiger charge is -2.19. The second-order valence-corrected chi connectivity index (χ2v) is 8.44. The summed E-state index contributed by atoms with van der Waals surface area (Å²) in [6.07, 6.45) is -1.78. The van der Waals surface area contributed by atoms with E-state index in [4.69, 9.17) is 0 Å². The summed E-state index contributed by atoms with van der Waals surface area (Å²) < 4.78 is 39.6. The Bertz CT molecular complexity index is 1070. The van der Waals surface area contributed by atoms with Crippen molar-refractivity contribution in [2.75, 3.05) is 10.2 Å². The molecule has 3 amide bonds. The van der Waals surface area contributed by atoms with E-state index in [1.807, 2.05) is 0 Å². The highest BCUT2D eigenvalue weighted by Crippen LogP contribution is 2.56. The predicted octanol–water partition coefficient (Wildman–Crippen LogP) is 4.49. The first-order chi connectivity index (χ1) is 14.8. The van der Waals surface area contributed by atoms with Crippen LogP contribution in [0.15, 0.2) is 48.5 Å². The number of nitrogens with zero attached hydrogens (tertiary/aromatic N) is 1. The van der Waals surface area contributed by atoms with Crippen LogP contribution in [-0.4, -0.2) is 17.7 Å². The number of carbonyl (C=O) groups is 3. The molecule has 2 aromatic carbocycles. The molecule has 31 heavy (non-hydrogen) atoms. The zero-order chi connectivity index (χ0) is 21.9. The van der Waals surface area contributed by atoms with Crippen molar-refractivity contribution in [3.05, 3.63) is 59.7 Å². The molecular formula is C23H19F3N2O3. The summed E-state index contributed by atoms with van der Waals surface area (Å²) in [5.74, 6) is -1.32. The normalized spacial score (nSPS) is 27.0. The molecule has 2 aromatic rings. The van der Waals surface area contributed by atoms with E-state index in [0.717, 1.165) is 30.2 Å². The van der Waals surface area contributed by atoms with E-state index in [-0.39, 0.29) is 52.4 Å². The maximum absolute atomic E-state index is 13.2. The highest BCUT2D eigenvalue weighted by molar-refractivity contribution is 6.23. The number of hydrogen-bond acceptors (Lipinski definition) is 3. The number of amides is 3. The SMILES string of the molecule is O=C(Nc1ccccc1C(F)(F)F)c1cccc(N2C(=O)[C@H]3[C@H]4CC[C@@H](C4)[C@@H]3C2=O)c1. The molecule has 0 radical (unpaired) electrons. The Kier molecular flexibility index (Phi) is 4.42. The highest BCUT2D eigenvalue weighted by Gasteiger charge is 2.61. The van der Waals surface area contributed by atoms with Crippen molar-refractivity contribution in [3.63, 3.8) is 0 Å². The van der Waals surface area contributed by atoms with Crippen LogP contribution in [0.25, 0.3) is 0 Å². The van der Waals surface area contributed by atoms with Crippen LogP contribution in [0.1, 0.15) is 35.2 Å². The Morgan fingerprint density at radius 2 is 1.58 bits per heavy atom. The topological polar surface area (TPSA) is 66.5 Å². The van der Waals surface area contributed by atoms with Crippen LogP contribution in [0.3, 0.4) is 0 Å². The zero-order valence-electron chi connectivity index (χ0n) is 16.4. The monoisotopic (exact) mass is 428 g/mol. The molecule has 2 saturated carbocycles. The van der Waals surface area contributed by atoms with Gasteiger partial charge >= 0.3 is 6.18 Å². The van der Waals surface area contributed by atoms with Gasteiger partial charge in [-0.15, -0.1) is 0 Å². The van der Waals surface area contributed by atoms with E-state index in [1.165, 1.54) is 36.4 Å². The van der Waals surface area contributed by atoms with Crippen LogP contribution in [0, 0.1) is 23.7 Å². The quantitative estimate of drug-likeness (QED) is 0.733. The van der Waals surface area contributed by atoms with Crippen LogP contribution >= 0.6 is 0 Å². The second kappa shape index (κ2) is 6.93. The maximum atomic E-state index is 13.2. The van der Waals surface area contributed by atoms with E-state index >= 15 is 0 Å². The highest BCUT2D eigenvalue weighted by atomic mass is 19.4. The first-order valence-electron chi connectivity index (χ1n) is 10.2. The lowest BCUT2D eigenvalue weighted by molar-refractivity contribution is -0.137. The molecule has 2 bridgehead atoms. The first-order valence-corrected chi connectivity index (χ1v) is 10.2. The molecule has 8 heteroatoms. The molecule has 5 rings (SSSR count). The molecule has 1 heterocycles. The predicted molar refractivity (Wildman–Crippen MR) is 106 cm³/mol. The van der Waals surface area contributed by atoms with Gasteiger partial charge in [-0.25, -0.2) is 0 Å². The van der Waals surface area contributed by atoms with E-state index < -0.39 is 17.6 Å². The van der Waals surface area contributed by atoms with Gasteiger partial charge in [-0.05, 0) is 61.4 Å². The van der Waals surface area contributed by atoms with Gasteiger partial charge in [0.05, 0.1) is 28.8 Å². The summed E-state index contributed by atoms with van der Waals surface area (Å²) >= 11 is 0.